The van der Waals surface area contributed by atoms with E-state index in [0.717, 1.165) is 38.5 Å². The van der Waals surface area contributed by atoms with E-state index in [4.69, 9.17) is 0 Å². The average Bonchev–Trinajstić information content (AvgIpc) is 2.65. The Morgan fingerprint density at radius 2 is 2.05 bits per heavy atom. The van der Waals surface area contributed by atoms with Gasteiger partial charge >= 0.3 is 5.97 Å². The first-order valence-electron chi connectivity index (χ1n) is 7.38. The quantitative estimate of drug-likeness (QED) is 0.798. The van der Waals surface area contributed by atoms with Gasteiger partial charge in [0.25, 0.3) is 0 Å². The van der Waals surface area contributed by atoms with Crippen molar-refractivity contribution in [3.8, 4) is 0 Å². The second-order valence-electron chi connectivity index (χ2n) is 5.58. The van der Waals surface area contributed by atoms with Crippen molar-refractivity contribution in [1.82, 2.24) is 4.90 Å². The lowest BCUT2D eigenvalue weighted by molar-refractivity contribution is -0.150. The van der Waals surface area contributed by atoms with Gasteiger partial charge in [-0.1, -0.05) is 24.5 Å². The van der Waals surface area contributed by atoms with Gasteiger partial charge in [-0.2, -0.15) is 0 Å². The lowest BCUT2D eigenvalue weighted by atomic mass is 9.96. The number of hydrogen-bond donors (Lipinski definition) is 1. The minimum atomic E-state index is -0.854. The summed E-state index contributed by atoms with van der Waals surface area (Å²) in [5, 5.41) is 9.28. The molecule has 0 spiro atoms. The fourth-order valence-corrected chi connectivity index (χ4v) is 3.02. The van der Waals surface area contributed by atoms with Crippen molar-refractivity contribution in [2.75, 3.05) is 6.54 Å². The number of carboxylic acid groups (broad SMARTS) is 1. The summed E-state index contributed by atoms with van der Waals surface area (Å²) in [5.41, 5.74) is 1.20. The molecule has 106 valence electrons. The highest BCUT2D eigenvalue weighted by atomic mass is 16.4. The van der Waals surface area contributed by atoms with Gasteiger partial charge in [0, 0.05) is 13.0 Å². The number of nitrogens with zero attached hydrogens (tertiary/aromatic N) is 1. The van der Waals surface area contributed by atoms with Crippen LogP contribution in [0.5, 0.6) is 0 Å². The predicted octanol–water partition coefficient (Wildman–Crippen LogP) is 2.73. The number of likely N-dealkylation sites (tertiary alicyclic amines) is 1. The number of hydrogen-bond acceptors (Lipinski definition) is 2. The van der Waals surface area contributed by atoms with Gasteiger partial charge in [0.1, 0.15) is 6.04 Å². The van der Waals surface area contributed by atoms with Crippen molar-refractivity contribution in [1.29, 1.82) is 0 Å². The van der Waals surface area contributed by atoms with Crippen LogP contribution in [0.2, 0.25) is 0 Å². The summed E-state index contributed by atoms with van der Waals surface area (Å²) in [6.07, 6.45) is 10.5. The van der Waals surface area contributed by atoms with Gasteiger partial charge in [-0.25, -0.2) is 4.79 Å². The Labute approximate surface area is 114 Å². The Kier molecular flexibility index (Phi) is 5.00. The molecular formula is C15H23NO3. The van der Waals surface area contributed by atoms with E-state index in [0.29, 0.717) is 19.4 Å². The van der Waals surface area contributed by atoms with Crippen LogP contribution in [0.25, 0.3) is 0 Å². The lowest BCUT2D eigenvalue weighted by Gasteiger charge is -2.27. The van der Waals surface area contributed by atoms with Gasteiger partial charge in [0.05, 0.1) is 0 Å². The molecule has 0 aromatic carbocycles. The molecule has 2 rings (SSSR count). The summed E-state index contributed by atoms with van der Waals surface area (Å²) in [6.45, 7) is 0.600. The van der Waals surface area contributed by atoms with Crippen LogP contribution in [0.15, 0.2) is 11.6 Å². The van der Waals surface area contributed by atoms with Crippen LogP contribution in [0, 0.1) is 0 Å². The third kappa shape index (κ3) is 3.82. The maximum Gasteiger partial charge on any atom is 0.326 e. The van der Waals surface area contributed by atoms with Crippen LogP contribution in [0.3, 0.4) is 0 Å². The molecule has 1 saturated heterocycles. The van der Waals surface area contributed by atoms with Crippen molar-refractivity contribution in [3.05, 3.63) is 11.6 Å². The van der Waals surface area contributed by atoms with E-state index in [1.165, 1.54) is 12.0 Å². The Hall–Kier alpha value is -1.32. The summed E-state index contributed by atoms with van der Waals surface area (Å²) in [7, 11) is 0. The van der Waals surface area contributed by atoms with Crippen LogP contribution in [0.4, 0.5) is 0 Å². The molecule has 1 heterocycles. The van der Waals surface area contributed by atoms with Crippen LogP contribution < -0.4 is 0 Å². The normalized spacial score (nSPS) is 24.5. The van der Waals surface area contributed by atoms with Crippen LogP contribution in [-0.2, 0) is 9.59 Å². The second kappa shape index (κ2) is 6.73. The largest absolute Gasteiger partial charge is 0.480 e. The fourth-order valence-electron chi connectivity index (χ4n) is 3.02. The lowest BCUT2D eigenvalue weighted by Crippen LogP contribution is -2.44. The molecule has 1 aliphatic carbocycles. The van der Waals surface area contributed by atoms with E-state index in [-0.39, 0.29) is 5.91 Å². The van der Waals surface area contributed by atoms with Gasteiger partial charge in [-0.15, -0.1) is 0 Å². The molecule has 0 saturated carbocycles. The third-order valence-electron chi connectivity index (χ3n) is 4.12. The van der Waals surface area contributed by atoms with Gasteiger partial charge in [0.15, 0.2) is 0 Å². The SMILES string of the molecule is O=C(O)C1CCCCCN1C(=O)CC1=CCCCC1. The maximum atomic E-state index is 12.4. The van der Waals surface area contributed by atoms with Gasteiger partial charge in [0.2, 0.25) is 5.91 Å². The monoisotopic (exact) mass is 265 g/mol. The van der Waals surface area contributed by atoms with Gasteiger partial charge in [-0.3, -0.25) is 4.79 Å². The highest BCUT2D eigenvalue weighted by Crippen LogP contribution is 2.23. The average molecular weight is 265 g/mol. The van der Waals surface area contributed by atoms with Gasteiger partial charge < -0.3 is 10.0 Å². The maximum absolute atomic E-state index is 12.4. The van der Waals surface area contributed by atoms with E-state index < -0.39 is 12.0 Å². The molecule has 19 heavy (non-hydrogen) atoms. The minimum absolute atomic E-state index is 0.00227. The zero-order chi connectivity index (χ0) is 13.7. The number of allylic oxidation sites excluding steroid dienone is 1. The number of rotatable bonds is 3. The first-order chi connectivity index (χ1) is 9.18. The molecule has 0 aromatic rings. The number of aliphatic carboxylic acids is 1. The molecule has 0 bridgehead atoms. The first-order valence-corrected chi connectivity index (χ1v) is 7.38. The van der Waals surface area contributed by atoms with Crippen molar-refractivity contribution in [2.24, 2.45) is 0 Å². The molecular weight excluding hydrogens is 242 g/mol. The van der Waals surface area contributed by atoms with E-state index in [1.54, 1.807) is 4.90 Å². The predicted molar refractivity (Wildman–Crippen MR) is 72.8 cm³/mol. The summed E-state index contributed by atoms with van der Waals surface area (Å²) in [6, 6.07) is -0.612. The zero-order valence-corrected chi connectivity index (χ0v) is 11.4. The third-order valence-corrected chi connectivity index (χ3v) is 4.12. The summed E-state index contributed by atoms with van der Waals surface area (Å²) < 4.78 is 0. The molecule has 2 aliphatic rings. The van der Waals surface area contributed by atoms with E-state index in [1.807, 2.05) is 0 Å². The van der Waals surface area contributed by atoms with Crippen molar-refractivity contribution in [3.63, 3.8) is 0 Å². The molecule has 1 atom stereocenters. The number of amides is 1. The van der Waals surface area contributed by atoms with E-state index in [2.05, 4.69) is 6.08 Å². The van der Waals surface area contributed by atoms with Crippen molar-refractivity contribution in [2.45, 2.75) is 63.8 Å². The molecule has 1 aliphatic heterocycles. The minimum Gasteiger partial charge on any atom is -0.480 e. The van der Waals surface area contributed by atoms with Crippen molar-refractivity contribution >= 4 is 11.9 Å². The van der Waals surface area contributed by atoms with Crippen LogP contribution in [0.1, 0.15) is 57.8 Å². The Bertz CT molecular complexity index is 376. The second-order valence-corrected chi connectivity index (χ2v) is 5.58. The Morgan fingerprint density at radius 3 is 2.74 bits per heavy atom. The fraction of sp³-hybridized carbons (Fsp3) is 0.733. The highest BCUT2D eigenvalue weighted by Gasteiger charge is 2.30. The standard InChI is InChI=1S/C15H23NO3/c17-14(11-12-7-3-1-4-8-12)16-10-6-2-5-9-13(16)15(18)19/h7,13H,1-6,8-11H2,(H,18,19). The summed E-state index contributed by atoms with van der Waals surface area (Å²) in [5.74, 6) is -0.852. The Balaban J connectivity index is 2.01. The number of carbonyl (C=O) groups excluding carboxylic acids is 1. The number of carbonyl (C=O) groups is 2. The molecule has 1 unspecified atom stereocenters. The first kappa shape index (κ1) is 14.1. The zero-order valence-electron chi connectivity index (χ0n) is 11.4. The number of carboxylic acids is 1. The van der Waals surface area contributed by atoms with Crippen LogP contribution in [-0.4, -0.2) is 34.5 Å². The van der Waals surface area contributed by atoms with E-state index >= 15 is 0 Å². The van der Waals surface area contributed by atoms with Crippen LogP contribution >= 0.6 is 0 Å². The highest BCUT2D eigenvalue weighted by molar-refractivity contribution is 5.85. The summed E-state index contributed by atoms with van der Waals surface area (Å²) >= 11 is 0. The van der Waals surface area contributed by atoms with Gasteiger partial charge in [-0.05, 0) is 38.5 Å². The molecule has 1 amide bonds. The molecule has 4 nitrogen and oxygen atoms in total. The molecule has 1 fully saturated rings. The molecule has 0 radical (unpaired) electrons. The molecule has 1 N–H and O–H groups in total. The Morgan fingerprint density at radius 1 is 1.21 bits per heavy atom. The molecule has 0 aromatic heterocycles. The van der Waals surface area contributed by atoms with E-state index in [9.17, 15) is 14.7 Å². The van der Waals surface area contributed by atoms with Crippen molar-refractivity contribution < 1.29 is 14.7 Å². The smallest absolute Gasteiger partial charge is 0.326 e. The topological polar surface area (TPSA) is 57.6 Å². The molecule has 4 heteroatoms. The summed E-state index contributed by atoms with van der Waals surface area (Å²) in [4.78, 5) is 25.3.